The van der Waals surface area contributed by atoms with Crippen molar-refractivity contribution in [1.29, 1.82) is 0 Å². The number of likely N-dealkylation sites (tertiary alicyclic amines) is 2. The Kier molecular flexibility index (Phi) is 5.34. The van der Waals surface area contributed by atoms with Gasteiger partial charge < -0.3 is 15.3 Å². The third kappa shape index (κ3) is 4.26. The number of hydrogen-bond acceptors (Lipinski definition) is 4. The predicted octanol–water partition coefficient (Wildman–Crippen LogP) is 1.99. The van der Waals surface area contributed by atoms with E-state index >= 15 is 0 Å². The third-order valence-corrected chi connectivity index (χ3v) is 6.15. The number of phenols is 1. The molecule has 1 saturated carbocycles. The van der Waals surface area contributed by atoms with Gasteiger partial charge in [0.15, 0.2) is 0 Å². The fourth-order valence-corrected chi connectivity index (χ4v) is 4.36. The van der Waals surface area contributed by atoms with Gasteiger partial charge in [0.1, 0.15) is 5.75 Å². The largest absolute Gasteiger partial charge is 0.507 e. The number of rotatable bonds is 4. The van der Waals surface area contributed by atoms with Gasteiger partial charge in [0.25, 0.3) is 5.91 Å². The predicted molar refractivity (Wildman–Crippen MR) is 102 cm³/mol. The number of carbonyl (C=O) groups excluding carboxylic acids is 2. The quantitative estimate of drug-likeness (QED) is 0.849. The van der Waals surface area contributed by atoms with Crippen LogP contribution in [0, 0.1) is 5.92 Å². The van der Waals surface area contributed by atoms with Crippen molar-refractivity contribution in [2.45, 2.75) is 50.6 Å². The zero-order chi connectivity index (χ0) is 18.8. The van der Waals surface area contributed by atoms with Crippen LogP contribution in [-0.4, -0.2) is 65.0 Å². The molecule has 3 aliphatic rings. The highest BCUT2D eigenvalue weighted by molar-refractivity contribution is 5.96. The maximum Gasteiger partial charge on any atom is 0.257 e. The number of nitrogens with one attached hydrogen (secondary N) is 1. The average Bonchev–Trinajstić information content (AvgIpc) is 3.52. The Hall–Kier alpha value is -2.08. The first kappa shape index (κ1) is 18.3. The molecular formula is C21H29N3O3. The molecule has 0 radical (unpaired) electrons. The minimum atomic E-state index is -0.0909. The number of para-hydroxylation sites is 1. The number of carbonyl (C=O) groups is 2. The first-order valence-electron chi connectivity index (χ1n) is 10.2. The Bertz CT molecular complexity index is 696. The van der Waals surface area contributed by atoms with Crippen LogP contribution in [0.5, 0.6) is 5.75 Å². The van der Waals surface area contributed by atoms with Crippen LogP contribution in [0.15, 0.2) is 24.3 Å². The van der Waals surface area contributed by atoms with E-state index in [0.717, 1.165) is 51.6 Å². The summed E-state index contributed by atoms with van der Waals surface area (Å²) >= 11 is 0. The topological polar surface area (TPSA) is 72.9 Å². The molecule has 1 atom stereocenters. The lowest BCUT2D eigenvalue weighted by Crippen LogP contribution is -2.51. The molecule has 4 rings (SSSR count). The summed E-state index contributed by atoms with van der Waals surface area (Å²) in [5, 5.41) is 13.1. The number of benzene rings is 1. The second-order valence-electron chi connectivity index (χ2n) is 8.16. The summed E-state index contributed by atoms with van der Waals surface area (Å²) in [7, 11) is 0. The summed E-state index contributed by atoms with van der Waals surface area (Å²) in [6, 6.07) is 7.61. The van der Waals surface area contributed by atoms with E-state index in [9.17, 15) is 14.7 Å². The van der Waals surface area contributed by atoms with Crippen LogP contribution in [0.3, 0.4) is 0 Å². The van der Waals surface area contributed by atoms with Crippen molar-refractivity contribution in [3.8, 4) is 5.75 Å². The van der Waals surface area contributed by atoms with Crippen molar-refractivity contribution in [3.05, 3.63) is 29.8 Å². The van der Waals surface area contributed by atoms with Crippen LogP contribution in [0.4, 0.5) is 0 Å². The Balaban J connectivity index is 1.30. The standard InChI is InChI=1S/C21H29N3O3/c25-19-6-2-1-5-18(19)21(27)23-12-9-17(10-13-23)24-11-3-4-15(14-24)20(26)22-16-7-8-16/h1-2,5-6,15-17,25H,3-4,7-14H2,(H,22,26). The molecule has 6 nitrogen and oxygen atoms in total. The van der Waals surface area contributed by atoms with E-state index in [2.05, 4.69) is 10.2 Å². The molecule has 6 heteroatoms. The molecule has 1 aromatic carbocycles. The van der Waals surface area contributed by atoms with Crippen LogP contribution in [-0.2, 0) is 4.79 Å². The average molecular weight is 371 g/mol. The second kappa shape index (κ2) is 7.89. The minimum absolute atomic E-state index is 0.0465. The number of piperidine rings is 2. The highest BCUT2D eigenvalue weighted by Gasteiger charge is 2.34. The summed E-state index contributed by atoms with van der Waals surface area (Å²) in [4.78, 5) is 29.3. The summed E-state index contributed by atoms with van der Waals surface area (Å²) in [5.74, 6) is 0.298. The molecule has 146 valence electrons. The number of aromatic hydroxyl groups is 1. The van der Waals surface area contributed by atoms with Gasteiger partial charge in [-0.1, -0.05) is 12.1 Å². The fourth-order valence-electron chi connectivity index (χ4n) is 4.36. The Morgan fingerprint density at radius 1 is 1.00 bits per heavy atom. The zero-order valence-corrected chi connectivity index (χ0v) is 15.8. The van der Waals surface area contributed by atoms with Gasteiger partial charge in [-0.25, -0.2) is 0 Å². The highest BCUT2D eigenvalue weighted by Crippen LogP contribution is 2.27. The molecule has 3 fully saturated rings. The van der Waals surface area contributed by atoms with Gasteiger partial charge in [-0.05, 0) is 57.2 Å². The first-order valence-corrected chi connectivity index (χ1v) is 10.2. The maximum absolute atomic E-state index is 12.7. The normalized spacial score (nSPS) is 24.6. The van der Waals surface area contributed by atoms with E-state index < -0.39 is 0 Å². The smallest absolute Gasteiger partial charge is 0.257 e. The van der Waals surface area contributed by atoms with Crippen LogP contribution < -0.4 is 5.32 Å². The number of nitrogens with zero attached hydrogens (tertiary/aromatic N) is 2. The second-order valence-corrected chi connectivity index (χ2v) is 8.16. The summed E-state index contributed by atoms with van der Waals surface area (Å²) in [6.07, 6.45) is 6.17. The minimum Gasteiger partial charge on any atom is -0.507 e. The highest BCUT2D eigenvalue weighted by atomic mass is 16.3. The Morgan fingerprint density at radius 2 is 1.74 bits per heavy atom. The maximum atomic E-state index is 12.7. The first-order chi connectivity index (χ1) is 13.1. The van der Waals surface area contributed by atoms with Crippen LogP contribution in [0.2, 0.25) is 0 Å². The molecular weight excluding hydrogens is 342 g/mol. The number of hydrogen-bond donors (Lipinski definition) is 2. The lowest BCUT2D eigenvalue weighted by molar-refractivity contribution is -0.127. The van der Waals surface area contributed by atoms with Crippen LogP contribution >= 0.6 is 0 Å². The molecule has 0 bridgehead atoms. The van der Waals surface area contributed by atoms with E-state index in [-0.39, 0.29) is 23.5 Å². The van der Waals surface area contributed by atoms with Crippen molar-refractivity contribution in [2.75, 3.05) is 26.2 Å². The molecule has 27 heavy (non-hydrogen) atoms. The Morgan fingerprint density at radius 3 is 2.44 bits per heavy atom. The summed E-state index contributed by atoms with van der Waals surface area (Å²) in [5.41, 5.74) is 0.380. The van der Waals surface area contributed by atoms with E-state index in [0.29, 0.717) is 30.7 Å². The van der Waals surface area contributed by atoms with E-state index in [1.165, 1.54) is 0 Å². The molecule has 1 aromatic rings. The van der Waals surface area contributed by atoms with Crippen molar-refractivity contribution in [2.24, 2.45) is 5.92 Å². The number of amides is 2. The van der Waals surface area contributed by atoms with Gasteiger partial charge >= 0.3 is 0 Å². The lowest BCUT2D eigenvalue weighted by atomic mass is 9.93. The SMILES string of the molecule is O=C(NC1CC1)C1CCCN(C2CCN(C(=O)c3ccccc3O)CC2)C1. The van der Waals surface area contributed by atoms with E-state index in [1.54, 1.807) is 24.3 Å². The zero-order valence-electron chi connectivity index (χ0n) is 15.8. The van der Waals surface area contributed by atoms with Crippen LogP contribution in [0.25, 0.3) is 0 Å². The molecule has 2 aliphatic heterocycles. The van der Waals surface area contributed by atoms with Gasteiger partial charge in [0.05, 0.1) is 11.5 Å². The van der Waals surface area contributed by atoms with Gasteiger partial charge in [-0.15, -0.1) is 0 Å². The van der Waals surface area contributed by atoms with E-state index in [1.807, 2.05) is 4.90 Å². The molecule has 1 unspecified atom stereocenters. The van der Waals surface area contributed by atoms with E-state index in [4.69, 9.17) is 0 Å². The Labute approximate surface area is 160 Å². The van der Waals surface area contributed by atoms with Crippen molar-refractivity contribution < 1.29 is 14.7 Å². The van der Waals surface area contributed by atoms with Crippen molar-refractivity contribution in [1.82, 2.24) is 15.1 Å². The molecule has 0 spiro atoms. The van der Waals surface area contributed by atoms with Crippen LogP contribution in [0.1, 0.15) is 48.9 Å². The van der Waals surface area contributed by atoms with Crippen molar-refractivity contribution >= 4 is 11.8 Å². The van der Waals surface area contributed by atoms with Gasteiger partial charge in [-0.3, -0.25) is 14.5 Å². The van der Waals surface area contributed by atoms with Gasteiger partial charge in [0.2, 0.25) is 5.91 Å². The molecule has 0 aromatic heterocycles. The monoisotopic (exact) mass is 371 g/mol. The molecule has 2 saturated heterocycles. The molecule has 2 amide bonds. The summed E-state index contributed by atoms with van der Waals surface area (Å²) in [6.45, 7) is 3.29. The lowest BCUT2D eigenvalue weighted by Gasteiger charge is -2.42. The fraction of sp³-hybridized carbons (Fsp3) is 0.619. The molecule has 2 heterocycles. The molecule has 1 aliphatic carbocycles. The number of phenolic OH excluding ortho intramolecular Hbond substituents is 1. The third-order valence-electron chi connectivity index (χ3n) is 6.15. The van der Waals surface area contributed by atoms with Gasteiger partial charge in [0, 0.05) is 31.7 Å². The molecule has 2 N–H and O–H groups in total. The van der Waals surface area contributed by atoms with Crippen molar-refractivity contribution in [3.63, 3.8) is 0 Å². The van der Waals surface area contributed by atoms with Gasteiger partial charge in [-0.2, -0.15) is 0 Å². The summed E-state index contributed by atoms with van der Waals surface area (Å²) < 4.78 is 0.